The second kappa shape index (κ2) is 7.70. The molecule has 0 radical (unpaired) electrons. The molecule has 3 N–H and O–H groups in total. The normalized spacial score (nSPS) is 10.9. The molecule has 9 nitrogen and oxygen atoms in total. The van der Waals surface area contributed by atoms with Crippen LogP contribution in [0.5, 0.6) is 0 Å². The third-order valence-electron chi connectivity index (χ3n) is 4.14. The number of rotatable bonds is 6. The SMILES string of the molecule is CCSc1nnc(N)n1CC(=O)Nc1c(C)n(C)n(-c2ccccc2)c1=O. The Bertz CT molecular complexity index is 1020. The summed E-state index contributed by atoms with van der Waals surface area (Å²) in [6.07, 6.45) is 0. The van der Waals surface area contributed by atoms with Crippen molar-refractivity contribution in [2.24, 2.45) is 7.05 Å². The molecule has 0 saturated heterocycles. The number of thioether (sulfide) groups is 1. The number of nitrogens with two attached hydrogens (primary N) is 1. The van der Waals surface area contributed by atoms with E-state index < -0.39 is 0 Å². The summed E-state index contributed by atoms with van der Waals surface area (Å²) >= 11 is 1.44. The van der Waals surface area contributed by atoms with Crippen molar-refractivity contribution < 1.29 is 4.79 Å². The Balaban J connectivity index is 1.88. The van der Waals surface area contributed by atoms with Gasteiger partial charge < -0.3 is 11.1 Å². The Morgan fingerprint density at radius 2 is 1.96 bits per heavy atom. The van der Waals surface area contributed by atoms with Gasteiger partial charge in [0.05, 0.1) is 11.4 Å². The first-order valence-corrected chi connectivity index (χ1v) is 9.38. The molecule has 3 aromatic rings. The molecule has 3 rings (SSSR count). The molecule has 2 heterocycles. The Kier molecular flexibility index (Phi) is 5.36. The lowest BCUT2D eigenvalue weighted by Gasteiger charge is -2.08. The molecular formula is C17H21N7O2S. The van der Waals surface area contributed by atoms with Crippen LogP contribution in [-0.2, 0) is 18.4 Å². The van der Waals surface area contributed by atoms with Crippen molar-refractivity contribution in [1.29, 1.82) is 0 Å². The van der Waals surface area contributed by atoms with E-state index in [4.69, 9.17) is 5.73 Å². The van der Waals surface area contributed by atoms with Crippen LogP contribution in [0.4, 0.5) is 11.6 Å². The first-order chi connectivity index (χ1) is 12.9. The van der Waals surface area contributed by atoms with Gasteiger partial charge in [0.2, 0.25) is 11.9 Å². The molecule has 1 aromatic carbocycles. The van der Waals surface area contributed by atoms with Crippen molar-refractivity contribution in [1.82, 2.24) is 24.1 Å². The maximum Gasteiger partial charge on any atom is 0.295 e. The van der Waals surface area contributed by atoms with Crippen molar-refractivity contribution in [3.63, 3.8) is 0 Å². The summed E-state index contributed by atoms with van der Waals surface area (Å²) in [5.74, 6) is 0.567. The van der Waals surface area contributed by atoms with Crippen molar-refractivity contribution in [2.75, 3.05) is 16.8 Å². The molecule has 0 aliphatic carbocycles. The van der Waals surface area contributed by atoms with Crippen molar-refractivity contribution >= 4 is 29.3 Å². The van der Waals surface area contributed by atoms with E-state index in [1.165, 1.54) is 21.0 Å². The number of amides is 1. The fourth-order valence-corrected chi connectivity index (χ4v) is 3.39. The fraction of sp³-hybridized carbons (Fsp3) is 0.294. The van der Waals surface area contributed by atoms with Gasteiger partial charge in [0.1, 0.15) is 12.2 Å². The van der Waals surface area contributed by atoms with Gasteiger partial charge in [-0.2, -0.15) is 0 Å². The quantitative estimate of drug-likeness (QED) is 0.619. The molecule has 0 bridgehead atoms. The van der Waals surface area contributed by atoms with E-state index in [1.54, 1.807) is 18.7 Å². The molecule has 0 aliphatic heterocycles. The summed E-state index contributed by atoms with van der Waals surface area (Å²) < 4.78 is 4.74. The molecular weight excluding hydrogens is 366 g/mol. The summed E-state index contributed by atoms with van der Waals surface area (Å²) in [4.78, 5) is 25.4. The molecule has 0 aliphatic rings. The van der Waals surface area contributed by atoms with Gasteiger partial charge >= 0.3 is 0 Å². The van der Waals surface area contributed by atoms with Crippen LogP contribution in [0, 0.1) is 6.92 Å². The van der Waals surface area contributed by atoms with E-state index in [0.29, 0.717) is 10.9 Å². The molecule has 0 fully saturated rings. The van der Waals surface area contributed by atoms with Crippen molar-refractivity contribution in [3.05, 3.63) is 46.4 Å². The first kappa shape index (κ1) is 18.8. The van der Waals surface area contributed by atoms with E-state index in [9.17, 15) is 9.59 Å². The van der Waals surface area contributed by atoms with E-state index in [-0.39, 0.29) is 29.6 Å². The summed E-state index contributed by atoms with van der Waals surface area (Å²) in [5, 5.41) is 11.0. The highest BCUT2D eigenvalue weighted by Crippen LogP contribution is 2.18. The van der Waals surface area contributed by atoms with Gasteiger partial charge in [-0.1, -0.05) is 36.9 Å². The van der Waals surface area contributed by atoms with Gasteiger partial charge in [-0.05, 0) is 24.8 Å². The minimum atomic E-state index is -0.370. The van der Waals surface area contributed by atoms with Crippen LogP contribution in [0.1, 0.15) is 12.6 Å². The predicted octanol–water partition coefficient (Wildman–Crippen LogP) is 1.41. The summed E-state index contributed by atoms with van der Waals surface area (Å²) in [6.45, 7) is 3.68. The van der Waals surface area contributed by atoms with Crippen LogP contribution < -0.4 is 16.6 Å². The number of carbonyl (C=O) groups is 1. The number of hydrogen-bond donors (Lipinski definition) is 2. The van der Waals surface area contributed by atoms with E-state index in [1.807, 2.05) is 37.3 Å². The average molecular weight is 387 g/mol. The average Bonchev–Trinajstić information content (AvgIpc) is 3.09. The third kappa shape index (κ3) is 3.61. The number of nitrogens with zero attached hydrogens (tertiary/aromatic N) is 5. The lowest BCUT2D eigenvalue weighted by atomic mass is 10.3. The monoisotopic (exact) mass is 387 g/mol. The third-order valence-corrected chi connectivity index (χ3v) is 4.99. The van der Waals surface area contributed by atoms with E-state index in [2.05, 4.69) is 15.5 Å². The highest BCUT2D eigenvalue weighted by molar-refractivity contribution is 7.99. The van der Waals surface area contributed by atoms with Crippen molar-refractivity contribution in [3.8, 4) is 5.69 Å². The minimum Gasteiger partial charge on any atom is -0.368 e. The fourth-order valence-electron chi connectivity index (χ4n) is 2.72. The Hall–Kier alpha value is -3.01. The lowest BCUT2D eigenvalue weighted by Crippen LogP contribution is -2.25. The Morgan fingerprint density at radius 1 is 1.26 bits per heavy atom. The molecule has 1 amide bonds. The number of benzene rings is 1. The maximum atomic E-state index is 12.9. The van der Waals surface area contributed by atoms with Crippen LogP contribution in [-0.4, -0.2) is 35.8 Å². The van der Waals surface area contributed by atoms with Gasteiger partial charge in [0, 0.05) is 7.05 Å². The first-order valence-electron chi connectivity index (χ1n) is 8.39. The topological polar surface area (TPSA) is 113 Å². The van der Waals surface area contributed by atoms with Gasteiger partial charge in [-0.3, -0.25) is 18.8 Å². The molecule has 27 heavy (non-hydrogen) atoms. The van der Waals surface area contributed by atoms with Crippen LogP contribution in [0.25, 0.3) is 5.69 Å². The Labute approximate surface area is 160 Å². The summed E-state index contributed by atoms with van der Waals surface area (Å²) in [5.41, 5.74) is 7.12. The second-order valence-electron chi connectivity index (χ2n) is 5.84. The Morgan fingerprint density at radius 3 is 2.63 bits per heavy atom. The van der Waals surface area contributed by atoms with Crippen LogP contribution in [0.2, 0.25) is 0 Å². The van der Waals surface area contributed by atoms with Crippen LogP contribution in [0.15, 0.2) is 40.3 Å². The van der Waals surface area contributed by atoms with Crippen LogP contribution in [0.3, 0.4) is 0 Å². The highest BCUT2D eigenvalue weighted by atomic mass is 32.2. The largest absolute Gasteiger partial charge is 0.368 e. The molecule has 0 spiro atoms. The zero-order chi connectivity index (χ0) is 19.6. The zero-order valence-corrected chi connectivity index (χ0v) is 16.2. The van der Waals surface area contributed by atoms with Gasteiger partial charge in [0.25, 0.3) is 5.56 Å². The minimum absolute atomic E-state index is 0.0692. The lowest BCUT2D eigenvalue weighted by molar-refractivity contribution is -0.116. The maximum absolute atomic E-state index is 12.9. The molecule has 2 aromatic heterocycles. The number of carbonyl (C=O) groups excluding carboxylic acids is 1. The smallest absolute Gasteiger partial charge is 0.295 e. The van der Waals surface area contributed by atoms with Crippen LogP contribution >= 0.6 is 11.8 Å². The summed E-state index contributed by atoms with van der Waals surface area (Å²) in [6, 6.07) is 9.24. The molecule has 0 saturated carbocycles. The number of para-hydroxylation sites is 1. The second-order valence-corrected chi connectivity index (χ2v) is 7.08. The number of hydrogen-bond acceptors (Lipinski definition) is 6. The molecule has 142 valence electrons. The number of nitrogens with one attached hydrogen (secondary N) is 1. The molecule has 10 heteroatoms. The number of aromatic nitrogens is 5. The highest BCUT2D eigenvalue weighted by Gasteiger charge is 2.19. The molecule has 0 unspecified atom stereocenters. The van der Waals surface area contributed by atoms with Gasteiger partial charge in [-0.15, -0.1) is 10.2 Å². The standard InChI is InChI=1S/C17H21N7O2S/c1-4-27-17-21-20-16(18)23(17)10-13(25)19-14-11(2)22(3)24(15(14)26)12-8-6-5-7-9-12/h5-9H,4,10H2,1-3H3,(H2,18,20)(H,19,25). The van der Waals surface area contributed by atoms with E-state index in [0.717, 1.165) is 11.4 Å². The number of nitrogen functional groups attached to an aromatic ring is 1. The van der Waals surface area contributed by atoms with E-state index >= 15 is 0 Å². The zero-order valence-electron chi connectivity index (χ0n) is 15.3. The van der Waals surface area contributed by atoms with Crippen molar-refractivity contribution in [2.45, 2.75) is 25.5 Å². The predicted molar refractivity (Wildman–Crippen MR) is 105 cm³/mol. The number of anilines is 2. The summed E-state index contributed by atoms with van der Waals surface area (Å²) in [7, 11) is 1.77. The van der Waals surface area contributed by atoms with Gasteiger partial charge in [-0.25, -0.2) is 4.68 Å². The van der Waals surface area contributed by atoms with Gasteiger partial charge in [0.15, 0.2) is 5.16 Å². The molecule has 0 atom stereocenters.